The number of ether oxygens (including phenoxy) is 1. The van der Waals surface area contributed by atoms with Crippen LogP contribution in [0.2, 0.25) is 0 Å². The van der Waals surface area contributed by atoms with E-state index in [1.165, 1.54) is 16.9 Å². The van der Waals surface area contributed by atoms with Gasteiger partial charge in [-0.15, -0.1) is 11.3 Å². The molecule has 25 heavy (non-hydrogen) atoms. The number of thiazole rings is 1. The van der Waals surface area contributed by atoms with Crippen molar-refractivity contribution >= 4 is 17.3 Å². The maximum atomic E-state index is 11.7. The molecule has 1 aliphatic rings. The van der Waals surface area contributed by atoms with E-state index in [0.29, 0.717) is 12.3 Å². The van der Waals surface area contributed by atoms with E-state index in [4.69, 9.17) is 4.74 Å². The van der Waals surface area contributed by atoms with Gasteiger partial charge in [0.2, 0.25) is 0 Å². The Morgan fingerprint density at radius 1 is 1.12 bits per heavy atom. The van der Waals surface area contributed by atoms with Gasteiger partial charge in [0.1, 0.15) is 5.01 Å². The summed E-state index contributed by atoms with van der Waals surface area (Å²) >= 11 is 1.47. The number of carbonyl (C=O) groups excluding carboxylic acids is 1. The molecule has 0 aliphatic carbocycles. The van der Waals surface area contributed by atoms with E-state index in [-0.39, 0.29) is 5.97 Å². The molecule has 6 heteroatoms. The van der Waals surface area contributed by atoms with Crippen LogP contribution in [0, 0.1) is 0 Å². The van der Waals surface area contributed by atoms with Crippen LogP contribution in [0.5, 0.6) is 0 Å². The molecule has 0 N–H and O–H groups in total. The summed E-state index contributed by atoms with van der Waals surface area (Å²) in [7, 11) is 0. The third-order valence-electron chi connectivity index (χ3n) is 4.51. The van der Waals surface area contributed by atoms with Crippen molar-refractivity contribution in [3.8, 4) is 10.6 Å². The summed E-state index contributed by atoms with van der Waals surface area (Å²) in [6, 6.07) is 8.50. The molecule has 134 valence electrons. The summed E-state index contributed by atoms with van der Waals surface area (Å²) in [5.41, 5.74) is 2.75. The minimum absolute atomic E-state index is 0.354. The summed E-state index contributed by atoms with van der Waals surface area (Å²) < 4.78 is 4.99. The van der Waals surface area contributed by atoms with Crippen molar-refractivity contribution in [3.05, 3.63) is 40.9 Å². The van der Waals surface area contributed by atoms with Gasteiger partial charge in [-0.25, -0.2) is 9.78 Å². The van der Waals surface area contributed by atoms with Gasteiger partial charge >= 0.3 is 5.97 Å². The lowest BCUT2D eigenvalue weighted by Crippen LogP contribution is -2.45. The van der Waals surface area contributed by atoms with E-state index in [1.807, 2.05) is 0 Å². The number of rotatable bonds is 6. The van der Waals surface area contributed by atoms with Crippen molar-refractivity contribution in [2.45, 2.75) is 20.4 Å². The Morgan fingerprint density at radius 3 is 2.44 bits per heavy atom. The van der Waals surface area contributed by atoms with Gasteiger partial charge in [0.25, 0.3) is 0 Å². The van der Waals surface area contributed by atoms with E-state index in [1.54, 1.807) is 12.3 Å². The van der Waals surface area contributed by atoms with Crippen LogP contribution in [0.3, 0.4) is 0 Å². The van der Waals surface area contributed by atoms with Crippen molar-refractivity contribution in [2.24, 2.45) is 0 Å². The van der Waals surface area contributed by atoms with Gasteiger partial charge in [0.05, 0.1) is 6.61 Å². The topological polar surface area (TPSA) is 45.7 Å². The van der Waals surface area contributed by atoms with Gasteiger partial charge < -0.3 is 9.64 Å². The molecule has 1 aromatic heterocycles. The fraction of sp³-hybridized carbons (Fsp3) is 0.474. The summed E-state index contributed by atoms with van der Waals surface area (Å²) in [6.07, 6.45) is 0. The lowest BCUT2D eigenvalue weighted by atomic mass is 10.1. The summed E-state index contributed by atoms with van der Waals surface area (Å²) in [4.78, 5) is 21.1. The fourth-order valence-corrected chi connectivity index (χ4v) is 3.78. The van der Waals surface area contributed by atoms with Crippen LogP contribution in [-0.2, 0) is 11.3 Å². The molecule has 1 aliphatic heterocycles. The Hall–Kier alpha value is -1.76. The average molecular weight is 359 g/mol. The van der Waals surface area contributed by atoms with Crippen molar-refractivity contribution < 1.29 is 9.53 Å². The monoisotopic (exact) mass is 359 g/mol. The Kier molecular flexibility index (Phi) is 6.18. The molecular weight excluding hydrogens is 334 g/mol. The van der Waals surface area contributed by atoms with Crippen LogP contribution in [0.4, 0.5) is 0 Å². The molecular formula is C19H25N3O2S. The molecule has 1 fully saturated rings. The quantitative estimate of drug-likeness (QED) is 0.742. The van der Waals surface area contributed by atoms with Gasteiger partial charge in [0, 0.05) is 43.7 Å². The molecule has 0 radical (unpaired) electrons. The normalized spacial score (nSPS) is 16.1. The van der Waals surface area contributed by atoms with Crippen molar-refractivity contribution in [1.82, 2.24) is 14.8 Å². The fourth-order valence-electron chi connectivity index (χ4n) is 2.98. The average Bonchev–Trinajstić information content (AvgIpc) is 3.13. The zero-order chi connectivity index (χ0) is 17.6. The van der Waals surface area contributed by atoms with Crippen LogP contribution < -0.4 is 0 Å². The molecule has 0 bridgehead atoms. The van der Waals surface area contributed by atoms with Gasteiger partial charge in [0.15, 0.2) is 5.69 Å². The van der Waals surface area contributed by atoms with E-state index < -0.39 is 0 Å². The number of hydrogen-bond acceptors (Lipinski definition) is 6. The number of aromatic nitrogens is 1. The first-order chi connectivity index (χ1) is 12.2. The molecule has 5 nitrogen and oxygen atoms in total. The predicted octanol–water partition coefficient (Wildman–Crippen LogP) is 3.12. The highest BCUT2D eigenvalue weighted by Gasteiger charge is 2.16. The minimum Gasteiger partial charge on any atom is -0.461 e. The SMILES string of the molecule is CCOC(=O)c1csc(-c2ccc(CN3CCN(CC)CC3)cc2)n1. The van der Waals surface area contributed by atoms with Crippen molar-refractivity contribution in [3.63, 3.8) is 0 Å². The number of nitrogens with zero attached hydrogens (tertiary/aromatic N) is 3. The number of carbonyl (C=O) groups is 1. The van der Waals surface area contributed by atoms with Crippen LogP contribution in [0.25, 0.3) is 10.6 Å². The highest BCUT2D eigenvalue weighted by Crippen LogP contribution is 2.24. The second-order valence-electron chi connectivity index (χ2n) is 6.17. The number of hydrogen-bond donors (Lipinski definition) is 0. The molecule has 3 rings (SSSR count). The predicted molar refractivity (Wildman–Crippen MR) is 101 cm³/mol. The van der Waals surface area contributed by atoms with E-state index in [0.717, 1.165) is 49.8 Å². The van der Waals surface area contributed by atoms with Gasteiger partial charge in [-0.05, 0) is 19.0 Å². The van der Waals surface area contributed by atoms with Crippen LogP contribution in [0.1, 0.15) is 29.9 Å². The van der Waals surface area contributed by atoms with Crippen molar-refractivity contribution in [2.75, 3.05) is 39.3 Å². The number of benzene rings is 1. The minimum atomic E-state index is -0.354. The molecule has 2 aromatic rings. The summed E-state index contributed by atoms with van der Waals surface area (Å²) in [5, 5.41) is 2.61. The maximum Gasteiger partial charge on any atom is 0.357 e. The Balaban J connectivity index is 1.60. The standard InChI is InChI=1S/C19H25N3O2S/c1-3-21-9-11-22(12-10-21)13-15-5-7-16(8-6-15)18-20-17(14-25-18)19(23)24-4-2/h5-8,14H,3-4,9-13H2,1-2H3. The maximum absolute atomic E-state index is 11.7. The zero-order valence-electron chi connectivity index (χ0n) is 14.9. The highest BCUT2D eigenvalue weighted by molar-refractivity contribution is 7.13. The molecule has 0 saturated carbocycles. The van der Waals surface area contributed by atoms with Crippen molar-refractivity contribution in [1.29, 1.82) is 0 Å². The first-order valence-corrected chi connectivity index (χ1v) is 9.74. The van der Waals surface area contributed by atoms with Gasteiger partial charge in [-0.3, -0.25) is 4.90 Å². The smallest absolute Gasteiger partial charge is 0.357 e. The third kappa shape index (κ3) is 4.66. The molecule has 0 spiro atoms. The van der Waals surface area contributed by atoms with Crippen LogP contribution >= 0.6 is 11.3 Å². The van der Waals surface area contributed by atoms with Crippen LogP contribution in [0.15, 0.2) is 29.6 Å². The van der Waals surface area contributed by atoms with E-state index in [9.17, 15) is 4.79 Å². The van der Waals surface area contributed by atoms with E-state index in [2.05, 4.69) is 46.0 Å². The molecule has 0 amide bonds. The zero-order valence-corrected chi connectivity index (χ0v) is 15.7. The Bertz CT molecular complexity index is 691. The number of likely N-dealkylation sites (N-methyl/N-ethyl adjacent to an activating group) is 1. The third-order valence-corrected chi connectivity index (χ3v) is 5.40. The first kappa shape index (κ1) is 18.0. The molecule has 1 aromatic carbocycles. The largest absolute Gasteiger partial charge is 0.461 e. The second kappa shape index (κ2) is 8.56. The molecule has 0 atom stereocenters. The Morgan fingerprint density at radius 2 is 1.80 bits per heavy atom. The highest BCUT2D eigenvalue weighted by atomic mass is 32.1. The molecule has 0 unspecified atom stereocenters. The summed E-state index contributed by atoms with van der Waals surface area (Å²) in [5.74, 6) is -0.354. The van der Waals surface area contributed by atoms with E-state index >= 15 is 0 Å². The molecule has 1 saturated heterocycles. The van der Waals surface area contributed by atoms with Gasteiger partial charge in [-0.1, -0.05) is 31.2 Å². The lowest BCUT2D eigenvalue weighted by Gasteiger charge is -2.34. The number of esters is 1. The van der Waals surface area contributed by atoms with Crippen LogP contribution in [-0.4, -0.2) is 60.1 Å². The number of piperazine rings is 1. The molecule has 2 heterocycles. The first-order valence-electron chi connectivity index (χ1n) is 8.86. The summed E-state index contributed by atoms with van der Waals surface area (Å²) in [6.45, 7) is 11.1. The lowest BCUT2D eigenvalue weighted by molar-refractivity contribution is 0.0520. The Labute approximate surface area is 153 Å². The van der Waals surface area contributed by atoms with Gasteiger partial charge in [-0.2, -0.15) is 0 Å². The second-order valence-corrected chi connectivity index (χ2v) is 7.02.